The molecule has 0 aliphatic heterocycles. The fourth-order valence-electron chi connectivity index (χ4n) is 1.14. The number of hydrogen-bond donors (Lipinski definition) is 0. The average Bonchev–Trinajstić information content (AvgIpc) is 2.30. The summed E-state index contributed by atoms with van der Waals surface area (Å²) in [5.41, 5.74) is -0.749. The fourth-order valence-corrected chi connectivity index (χ4v) is 1.14. The van der Waals surface area contributed by atoms with E-state index in [2.05, 4.69) is 0 Å². The van der Waals surface area contributed by atoms with Crippen LogP contribution in [-0.2, 0) is 10.9 Å². The molecule has 0 saturated carbocycles. The highest BCUT2D eigenvalue weighted by Gasteiger charge is 2.30. The maximum atomic E-state index is 12.4. The molecule has 0 fully saturated rings. The molecule has 1 aromatic carbocycles. The molecule has 93 valence electrons. The second-order valence-corrected chi connectivity index (χ2v) is 3.30. The van der Waals surface area contributed by atoms with Crippen LogP contribution in [0.5, 0.6) is 5.75 Å². The van der Waals surface area contributed by atoms with E-state index >= 15 is 0 Å². The van der Waals surface area contributed by atoms with E-state index < -0.39 is 17.8 Å². The van der Waals surface area contributed by atoms with Gasteiger partial charge in [-0.1, -0.05) is 18.7 Å². The number of halogens is 3. The van der Waals surface area contributed by atoms with Gasteiger partial charge < -0.3 is 9.47 Å². The second-order valence-electron chi connectivity index (χ2n) is 3.30. The topological polar surface area (TPSA) is 18.5 Å². The first-order valence-electron chi connectivity index (χ1n) is 4.85. The Hall–Kier alpha value is -1.49. The first-order chi connectivity index (χ1) is 7.97. The van der Waals surface area contributed by atoms with Crippen LogP contribution >= 0.6 is 0 Å². The van der Waals surface area contributed by atoms with E-state index in [4.69, 9.17) is 16.1 Å². The van der Waals surface area contributed by atoms with Crippen LogP contribution in [0.15, 0.2) is 30.3 Å². The minimum absolute atomic E-state index is 0.0638. The van der Waals surface area contributed by atoms with Crippen molar-refractivity contribution in [1.29, 1.82) is 0 Å². The zero-order chi connectivity index (χ0) is 12.9. The Labute approximate surface area is 97.7 Å². The molecule has 0 aromatic heterocycles. The lowest BCUT2D eigenvalue weighted by molar-refractivity contribution is -0.137. The van der Waals surface area contributed by atoms with Crippen LogP contribution in [0.3, 0.4) is 0 Å². The summed E-state index contributed by atoms with van der Waals surface area (Å²) < 4.78 is 47.2. The SMILES string of the molecule is [CH]=CC(COc1cccc(C(F)(F)F)c1)OC. The van der Waals surface area contributed by atoms with Gasteiger partial charge in [-0.05, 0) is 18.2 Å². The standard InChI is InChI=1S/C12H12F3O2/c1-3-10(16-2)8-17-11-6-4-5-9(7-11)12(13,14)15/h1,3-7,10H,8H2,2H3. The van der Waals surface area contributed by atoms with Gasteiger partial charge in [0.05, 0.1) is 5.56 Å². The van der Waals surface area contributed by atoms with Gasteiger partial charge in [-0.2, -0.15) is 13.2 Å². The van der Waals surface area contributed by atoms with Crippen molar-refractivity contribution < 1.29 is 22.6 Å². The van der Waals surface area contributed by atoms with Crippen LogP contribution in [0.4, 0.5) is 13.2 Å². The molecule has 0 bridgehead atoms. The molecule has 1 rings (SSSR count). The van der Waals surface area contributed by atoms with Crippen LogP contribution in [0.2, 0.25) is 0 Å². The van der Waals surface area contributed by atoms with Gasteiger partial charge in [-0.25, -0.2) is 0 Å². The molecular weight excluding hydrogens is 233 g/mol. The van der Waals surface area contributed by atoms with E-state index in [0.717, 1.165) is 12.1 Å². The van der Waals surface area contributed by atoms with Gasteiger partial charge >= 0.3 is 6.18 Å². The van der Waals surface area contributed by atoms with E-state index in [9.17, 15) is 13.2 Å². The second kappa shape index (κ2) is 5.72. The highest BCUT2D eigenvalue weighted by atomic mass is 19.4. The highest BCUT2D eigenvalue weighted by Crippen LogP contribution is 2.31. The molecule has 1 radical (unpaired) electrons. The van der Waals surface area contributed by atoms with Crippen LogP contribution < -0.4 is 4.74 Å². The van der Waals surface area contributed by atoms with E-state index in [1.54, 1.807) is 0 Å². The minimum atomic E-state index is -4.37. The van der Waals surface area contributed by atoms with Crippen molar-refractivity contribution in [1.82, 2.24) is 0 Å². The van der Waals surface area contributed by atoms with Crippen LogP contribution in [-0.4, -0.2) is 19.8 Å². The maximum absolute atomic E-state index is 12.4. The third kappa shape index (κ3) is 4.11. The maximum Gasteiger partial charge on any atom is 0.416 e. The number of hydrogen-bond acceptors (Lipinski definition) is 2. The van der Waals surface area contributed by atoms with Crippen molar-refractivity contribution in [2.45, 2.75) is 12.3 Å². The van der Waals surface area contributed by atoms with E-state index in [1.807, 2.05) is 0 Å². The largest absolute Gasteiger partial charge is 0.491 e. The van der Waals surface area contributed by atoms with Gasteiger partial charge in [0.15, 0.2) is 0 Å². The summed E-state index contributed by atoms with van der Waals surface area (Å²) in [6.07, 6.45) is -3.56. The monoisotopic (exact) mass is 245 g/mol. The molecule has 1 atom stereocenters. The number of ether oxygens (including phenoxy) is 2. The molecule has 0 heterocycles. The van der Waals surface area contributed by atoms with Crippen LogP contribution in [0.25, 0.3) is 0 Å². The number of benzene rings is 1. The summed E-state index contributed by atoms with van der Waals surface area (Å²) in [5, 5.41) is 0. The lowest BCUT2D eigenvalue weighted by Gasteiger charge is -2.13. The van der Waals surface area contributed by atoms with Crippen molar-refractivity contribution in [3.8, 4) is 5.75 Å². The summed E-state index contributed by atoms with van der Waals surface area (Å²) in [6.45, 7) is 5.30. The smallest absolute Gasteiger partial charge is 0.416 e. The first kappa shape index (κ1) is 13.6. The van der Waals surface area contributed by atoms with Crippen molar-refractivity contribution in [3.63, 3.8) is 0 Å². The van der Waals surface area contributed by atoms with Gasteiger partial charge in [-0.15, -0.1) is 0 Å². The van der Waals surface area contributed by atoms with E-state index in [-0.39, 0.29) is 12.4 Å². The quantitative estimate of drug-likeness (QED) is 0.793. The predicted octanol–water partition coefficient (Wildman–Crippen LogP) is 3.09. The molecule has 17 heavy (non-hydrogen) atoms. The Bertz CT molecular complexity index is 374. The summed E-state index contributed by atoms with van der Waals surface area (Å²) >= 11 is 0. The van der Waals surface area contributed by atoms with Crippen molar-refractivity contribution in [3.05, 3.63) is 42.5 Å². The Kier molecular flexibility index (Phi) is 4.57. The molecule has 2 nitrogen and oxygen atoms in total. The lowest BCUT2D eigenvalue weighted by atomic mass is 10.2. The Morgan fingerprint density at radius 1 is 1.41 bits per heavy atom. The third-order valence-electron chi connectivity index (χ3n) is 2.09. The van der Waals surface area contributed by atoms with Crippen LogP contribution in [0.1, 0.15) is 5.56 Å². The van der Waals surface area contributed by atoms with Gasteiger partial charge in [0.1, 0.15) is 18.5 Å². The van der Waals surface area contributed by atoms with Gasteiger partial charge in [0, 0.05) is 7.11 Å². The zero-order valence-corrected chi connectivity index (χ0v) is 9.20. The van der Waals surface area contributed by atoms with Gasteiger partial charge in [0.2, 0.25) is 0 Å². The lowest BCUT2D eigenvalue weighted by Crippen LogP contribution is -2.17. The van der Waals surface area contributed by atoms with Gasteiger partial charge in [0.25, 0.3) is 0 Å². The fraction of sp³-hybridized carbons (Fsp3) is 0.333. The third-order valence-corrected chi connectivity index (χ3v) is 2.09. The molecule has 0 spiro atoms. The first-order valence-corrected chi connectivity index (χ1v) is 4.85. The molecule has 5 heteroatoms. The number of methoxy groups -OCH3 is 1. The molecule has 1 aromatic rings. The van der Waals surface area contributed by atoms with E-state index in [1.165, 1.54) is 25.3 Å². The summed E-state index contributed by atoms with van der Waals surface area (Å²) in [4.78, 5) is 0. The summed E-state index contributed by atoms with van der Waals surface area (Å²) in [6, 6.07) is 4.64. The van der Waals surface area contributed by atoms with Crippen molar-refractivity contribution in [2.75, 3.05) is 13.7 Å². The molecule has 1 unspecified atom stereocenters. The van der Waals surface area contributed by atoms with Crippen molar-refractivity contribution >= 4 is 0 Å². The van der Waals surface area contributed by atoms with Crippen molar-refractivity contribution in [2.24, 2.45) is 0 Å². The predicted molar refractivity (Wildman–Crippen MR) is 56.6 cm³/mol. The van der Waals surface area contributed by atoms with E-state index in [0.29, 0.717) is 0 Å². The molecule has 0 N–H and O–H groups in total. The molecular formula is C12H12F3O2. The summed E-state index contributed by atoms with van der Waals surface area (Å²) in [5.74, 6) is 0.128. The molecule has 0 aliphatic rings. The van der Waals surface area contributed by atoms with Crippen LogP contribution in [0, 0.1) is 6.58 Å². The Morgan fingerprint density at radius 2 is 2.12 bits per heavy atom. The normalized spacial score (nSPS) is 13.2. The molecule has 0 aliphatic carbocycles. The number of alkyl halides is 3. The Morgan fingerprint density at radius 3 is 2.65 bits per heavy atom. The Balaban J connectivity index is 2.69. The van der Waals surface area contributed by atoms with Gasteiger partial charge in [-0.3, -0.25) is 0 Å². The minimum Gasteiger partial charge on any atom is -0.491 e. The highest BCUT2D eigenvalue weighted by molar-refractivity contribution is 5.30. The average molecular weight is 245 g/mol. The zero-order valence-electron chi connectivity index (χ0n) is 9.20. The number of rotatable bonds is 5. The molecule has 0 saturated heterocycles. The molecule has 0 amide bonds. The summed E-state index contributed by atoms with van der Waals surface area (Å²) in [7, 11) is 1.43.